The van der Waals surface area contributed by atoms with Crippen molar-refractivity contribution >= 4 is 0 Å². The Kier molecular flexibility index (Phi) is 6.86. The average Bonchev–Trinajstić information content (AvgIpc) is 2.34. The molecule has 2 N–H and O–H groups in total. The summed E-state index contributed by atoms with van der Waals surface area (Å²) >= 11 is 0. The molecule has 1 rings (SSSR count). The molecule has 0 aliphatic heterocycles. The molecule has 90 valence electrons. The fraction of sp³-hybridized carbons (Fsp3) is 0.571. The summed E-state index contributed by atoms with van der Waals surface area (Å²) in [5, 5.41) is 12.6. The third kappa shape index (κ3) is 4.77. The second kappa shape index (κ2) is 8.31. The van der Waals surface area contributed by atoms with E-state index < -0.39 is 0 Å². The molecule has 0 saturated carbocycles. The highest BCUT2D eigenvalue weighted by Crippen LogP contribution is 2.15. The lowest BCUT2D eigenvalue weighted by atomic mass is 10.0. The van der Waals surface area contributed by atoms with Crippen LogP contribution in [0.2, 0.25) is 0 Å². The summed E-state index contributed by atoms with van der Waals surface area (Å²) in [5.74, 6) is 0. The molecule has 0 aliphatic rings. The number of aliphatic hydroxyl groups excluding tert-OH is 1. The van der Waals surface area contributed by atoms with Gasteiger partial charge < -0.3 is 10.4 Å². The minimum Gasteiger partial charge on any atom is -0.396 e. The maximum atomic E-state index is 9.06. The molecule has 2 heteroatoms. The smallest absolute Gasteiger partial charge is 0.0449 e. The van der Waals surface area contributed by atoms with Crippen LogP contribution in [0, 0.1) is 0 Å². The summed E-state index contributed by atoms with van der Waals surface area (Å²) in [7, 11) is 0. The summed E-state index contributed by atoms with van der Waals surface area (Å²) in [6.45, 7) is 3.48. The lowest BCUT2D eigenvalue weighted by Gasteiger charge is -2.18. The van der Waals surface area contributed by atoms with Crippen molar-refractivity contribution in [2.24, 2.45) is 0 Å². The molecule has 0 saturated heterocycles. The molecule has 0 spiro atoms. The Morgan fingerprint density at radius 2 is 1.94 bits per heavy atom. The molecule has 1 atom stereocenters. The zero-order valence-corrected chi connectivity index (χ0v) is 10.2. The van der Waals surface area contributed by atoms with Gasteiger partial charge in [-0.3, -0.25) is 0 Å². The summed E-state index contributed by atoms with van der Waals surface area (Å²) in [6.07, 6.45) is 4.52. The molecule has 2 nitrogen and oxygen atoms in total. The maximum absolute atomic E-state index is 9.06. The van der Waals surface area contributed by atoms with Crippen LogP contribution in [0.15, 0.2) is 30.3 Å². The molecular formula is C14H23NO. The van der Waals surface area contributed by atoms with Gasteiger partial charge in [-0.1, -0.05) is 50.1 Å². The predicted octanol–water partition coefficient (Wildman–Crippen LogP) is 2.89. The van der Waals surface area contributed by atoms with Gasteiger partial charge in [-0.25, -0.2) is 0 Å². The monoisotopic (exact) mass is 221 g/mol. The van der Waals surface area contributed by atoms with Gasteiger partial charge in [0.15, 0.2) is 0 Å². The molecule has 0 fully saturated rings. The lowest BCUT2D eigenvalue weighted by Crippen LogP contribution is -2.23. The van der Waals surface area contributed by atoms with Gasteiger partial charge in [0.2, 0.25) is 0 Å². The minimum atomic E-state index is 0.236. The molecule has 0 aliphatic carbocycles. The lowest BCUT2D eigenvalue weighted by molar-refractivity contribution is 0.265. The fourth-order valence-electron chi connectivity index (χ4n) is 1.85. The van der Waals surface area contributed by atoms with Crippen LogP contribution in [0.1, 0.15) is 44.2 Å². The second-order valence-electron chi connectivity index (χ2n) is 4.14. The number of hydrogen-bond acceptors (Lipinski definition) is 2. The summed E-state index contributed by atoms with van der Waals surface area (Å²) in [6, 6.07) is 10.7. The van der Waals surface area contributed by atoms with Crippen molar-refractivity contribution in [1.82, 2.24) is 5.32 Å². The normalized spacial score (nSPS) is 12.6. The molecular weight excluding hydrogens is 198 g/mol. The first-order valence-electron chi connectivity index (χ1n) is 6.27. The van der Waals surface area contributed by atoms with E-state index in [9.17, 15) is 0 Å². The van der Waals surface area contributed by atoms with Crippen LogP contribution in [-0.4, -0.2) is 18.3 Å². The van der Waals surface area contributed by atoms with Gasteiger partial charge in [-0.2, -0.15) is 0 Å². The number of benzene rings is 1. The molecule has 0 amide bonds. The highest BCUT2D eigenvalue weighted by molar-refractivity contribution is 5.18. The SMILES string of the molecule is CCCCCNC(CCO)c1ccccc1. The fourth-order valence-corrected chi connectivity index (χ4v) is 1.85. The van der Waals surface area contributed by atoms with Crippen LogP contribution in [0.5, 0.6) is 0 Å². The van der Waals surface area contributed by atoms with E-state index in [4.69, 9.17) is 5.11 Å². The summed E-state index contributed by atoms with van der Waals surface area (Å²) in [5.41, 5.74) is 1.27. The highest BCUT2D eigenvalue weighted by atomic mass is 16.3. The van der Waals surface area contributed by atoms with E-state index in [0.29, 0.717) is 6.04 Å². The first kappa shape index (κ1) is 13.2. The van der Waals surface area contributed by atoms with Gasteiger partial charge in [0.1, 0.15) is 0 Å². The Balaban J connectivity index is 2.41. The molecule has 0 aromatic heterocycles. The van der Waals surface area contributed by atoms with E-state index in [0.717, 1.165) is 13.0 Å². The number of unbranched alkanes of at least 4 members (excludes halogenated alkanes) is 2. The zero-order valence-electron chi connectivity index (χ0n) is 10.2. The number of hydrogen-bond donors (Lipinski definition) is 2. The van der Waals surface area contributed by atoms with E-state index in [2.05, 4.69) is 24.4 Å². The van der Waals surface area contributed by atoms with Gasteiger partial charge in [0, 0.05) is 12.6 Å². The van der Waals surface area contributed by atoms with Crippen LogP contribution in [0.25, 0.3) is 0 Å². The van der Waals surface area contributed by atoms with E-state index in [1.807, 2.05) is 18.2 Å². The summed E-state index contributed by atoms with van der Waals surface area (Å²) in [4.78, 5) is 0. The van der Waals surface area contributed by atoms with Crippen LogP contribution in [0.3, 0.4) is 0 Å². The van der Waals surface area contributed by atoms with Crippen molar-refractivity contribution in [2.45, 2.75) is 38.6 Å². The zero-order chi connectivity index (χ0) is 11.6. The molecule has 0 bridgehead atoms. The Bertz CT molecular complexity index is 261. The van der Waals surface area contributed by atoms with Gasteiger partial charge in [-0.05, 0) is 24.9 Å². The van der Waals surface area contributed by atoms with Crippen molar-refractivity contribution in [3.8, 4) is 0 Å². The first-order valence-corrected chi connectivity index (χ1v) is 6.27. The van der Waals surface area contributed by atoms with E-state index in [1.165, 1.54) is 24.8 Å². The Labute approximate surface area is 98.7 Å². The topological polar surface area (TPSA) is 32.3 Å². The number of aliphatic hydroxyl groups is 1. The summed E-state index contributed by atoms with van der Waals surface area (Å²) < 4.78 is 0. The van der Waals surface area contributed by atoms with Crippen LogP contribution < -0.4 is 5.32 Å². The van der Waals surface area contributed by atoms with Gasteiger partial charge in [0.05, 0.1) is 0 Å². The third-order valence-electron chi connectivity index (χ3n) is 2.79. The molecule has 1 aromatic rings. The van der Waals surface area contributed by atoms with Crippen molar-refractivity contribution in [1.29, 1.82) is 0 Å². The van der Waals surface area contributed by atoms with Crippen molar-refractivity contribution in [3.05, 3.63) is 35.9 Å². The largest absolute Gasteiger partial charge is 0.396 e. The molecule has 1 unspecified atom stereocenters. The number of rotatable bonds is 8. The molecule has 16 heavy (non-hydrogen) atoms. The van der Waals surface area contributed by atoms with Gasteiger partial charge in [-0.15, -0.1) is 0 Å². The van der Waals surface area contributed by atoms with Crippen LogP contribution >= 0.6 is 0 Å². The van der Waals surface area contributed by atoms with Crippen LogP contribution in [0.4, 0.5) is 0 Å². The highest BCUT2D eigenvalue weighted by Gasteiger charge is 2.08. The Morgan fingerprint density at radius 3 is 2.56 bits per heavy atom. The second-order valence-corrected chi connectivity index (χ2v) is 4.14. The first-order chi connectivity index (χ1) is 7.88. The predicted molar refractivity (Wildman–Crippen MR) is 68.4 cm³/mol. The molecule has 0 heterocycles. The van der Waals surface area contributed by atoms with E-state index in [-0.39, 0.29) is 6.61 Å². The van der Waals surface area contributed by atoms with Crippen molar-refractivity contribution in [3.63, 3.8) is 0 Å². The van der Waals surface area contributed by atoms with Crippen LogP contribution in [-0.2, 0) is 0 Å². The van der Waals surface area contributed by atoms with E-state index in [1.54, 1.807) is 0 Å². The van der Waals surface area contributed by atoms with Gasteiger partial charge in [0.25, 0.3) is 0 Å². The molecule has 0 radical (unpaired) electrons. The third-order valence-corrected chi connectivity index (χ3v) is 2.79. The minimum absolute atomic E-state index is 0.236. The Hall–Kier alpha value is -0.860. The van der Waals surface area contributed by atoms with Crippen molar-refractivity contribution < 1.29 is 5.11 Å². The van der Waals surface area contributed by atoms with E-state index >= 15 is 0 Å². The molecule has 1 aromatic carbocycles. The van der Waals surface area contributed by atoms with Crippen molar-refractivity contribution in [2.75, 3.05) is 13.2 Å². The quantitative estimate of drug-likeness (QED) is 0.662. The Morgan fingerprint density at radius 1 is 1.19 bits per heavy atom. The number of nitrogens with one attached hydrogen (secondary N) is 1. The van der Waals surface area contributed by atoms with Gasteiger partial charge >= 0.3 is 0 Å². The maximum Gasteiger partial charge on any atom is 0.0449 e. The average molecular weight is 221 g/mol. The standard InChI is InChI=1S/C14H23NO/c1-2-3-7-11-15-14(10-12-16)13-8-5-4-6-9-13/h4-6,8-9,14-16H,2-3,7,10-12H2,1H3.